The van der Waals surface area contributed by atoms with Gasteiger partial charge in [0.1, 0.15) is 12.4 Å². The van der Waals surface area contributed by atoms with E-state index in [9.17, 15) is 19.8 Å². The molecule has 0 aromatic heterocycles. The van der Waals surface area contributed by atoms with Crippen molar-refractivity contribution in [1.29, 1.82) is 0 Å². The molecule has 0 saturated heterocycles. The van der Waals surface area contributed by atoms with Gasteiger partial charge in [-0.05, 0) is 85.1 Å². The van der Waals surface area contributed by atoms with Crippen molar-refractivity contribution in [3.8, 4) is 5.75 Å². The van der Waals surface area contributed by atoms with Crippen molar-refractivity contribution in [3.05, 3.63) is 101 Å². The zero-order valence-electron chi connectivity index (χ0n) is 25.4. The zero-order chi connectivity index (χ0) is 30.3. The summed E-state index contributed by atoms with van der Waals surface area (Å²) < 4.78 is 6.07. The van der Waals surface area contributed by atoms with Crippen molar-refractivity contribution in [1.82, 2.24) is 5.32 Å². The summed E-state index contributed by atoms with van der Waals surface area (Å²) in [6.45, 7) is 13.6. The van der Waals surface area contributed by atoms with Crippen LogP contribution in [0.15, 0.2) is 72.8 Å². The van der Waals surface area contributed by atoms with Gasteiger partial charge >= 0.3 is 5.97 Å². The second-order valence-electron chi connectivity index (χ2n) is 13.0. The summed E-state index contributed by atoms with van der Waals surface area (Å²) in [6, 6.07) is 23.8. The zero-order valence-corrected chi connectivity index (χ0v) is 26.4. The fraction of sp³-hybridized carbons (Fsp3) is 0.441. The number of aliphatic hydroxyl groups is 1. The molecule has 41 heavy (non-hydrogen) atoms. The fourth-order valence-electron chi connectivity index (χ4n) is 5.02. The first-order valence-electron chi connectivity index (χ1n) is 14.4. The molecule has 222 valence electrons. The van der Waals surface area contributed by atoms with Gasteiger partial charge < -0.3 is 25.1 Å². The van der Waals surface area contributed by atoms with E-state index >= 15 is 0 Å². The Hall–Kier alpha value is -2.97. The third-order valence-corrected chi connectivity index (χ3v) is 11.7. The molecule has 0 aliphatic heterocycles. The Bertz CT molecular complexity index is 1280. The van der Waals surface area contributed by atoms with Gasteiger partial charge in [0.15, 0.2) is 8.32 Å². The minimum Gasteiger partial charge on any atom is -0.489 e. The number of aliphatic carboxylic acids is 1. The molecule has 0 aliphatic carbocycles. The van der Waals surface area contributed by atoms with Crippen molar-refractivity contribution in [2.45, 2.75) is 89.8 Å². The molecule has 0 aliphatic rings. The van der Waals surface area contributed by atoms with Crippen LogP contribution in [-0.4, -0.2) is 41.4 Å². The summed E-state index contributed by atoms with van der Waals surface area (Å²) in [4.78, 5) is 22.3. The molecule has 4 N–H and O–H groups in total. The van der Waals surface area contributed by atoms with Gasteiger partial charge in [-0.1, -0.05) is 74.5 Å². The molecule has 3 aromatic carbocycles. The number of aliphatic hydroxyl groups excluding tert-OH is 1. The van der Waals surface area contributed by atoms with E-state index in [4.69, 9.17) is 4.74 Å². The number of nitrogens with one attached hydrogen (secondary N) is 1. The van der Waals surface area contributed by atoms with Gasteiger partial charge in [-0.3, -0.25) is 4.79 Å². The van der Waals surface area contributed by atoms with E-state index in [1.54, 1.807) is 0 Å². The van der Waals surface area contributed by atoms with E-state index in [0.29, 0.717) is 18.9 Å². The summed E-state index contributed by atoms with van der Waals surface area (Å²) in [7, 11) is -2.47. The van der Waals surface area contributed by atoms with E-state index < -0.39 is 14.3 Å². The van der Waals surface area contributed by atoms with Crippen LogP contribution < -0.4 is 10.1 Å². The Kier molecular flexibility index (Phi) is 10.9. The summed E-state index contributed by atoms with van der Waals surface area (Å²) >= 11 is 0. The SMILES string of the molecule is CC(C)(Cc1cccc(CC(=O)O)c1)NC[C@H](CC(C)(C)[Si](C)(C)O)c1ccc(OCc2ccccc2)c(CO)c1. The maximum Gasteiger partial charge on any atom is 0.307 e. The smallest absolute Gasteiger partial charge is 0.307 e. The van der Waals surface area contributed by atoms with Crippen LogP contribution in [-0.2, 0) is 30.8 Å². The quantitative estimate of drug-likeness (QED) is 0.155. The normalized spacial score (nSPS) is 13.2. The van der Waals surface area contributed by atoms with E-state index in [1.807, 2.05) is 79.8 Å². The fourth-order valence-corrected chi connectivity index (χ4v) is 5.77. The molecule has 0 bridgehead atoms. The van der Waals surface area contributed by atoms with Gasteiger partial charge in [0, 0.05) is 17.6 Å². The van der Waals surface area contributed by atoms with E-state index in [-0.39, 0.29) is 29.5 Å². The number of benzene rings is 3. The maximum atomic E-state index is 11.2. The largest absolute Gasteiger partial charge is 0.489 e. The highest BCUT2D eigenvalue weighted by Gasteiger charge is 2.40. The average molecular weight is 578 g/mol. The molecule has 7 heteroatoms. The lowest BCUT2D eigenvalue weighted by atomic mass is 9.87. The highest BCUT2D eigenvalue weighted by Crippen LogP contribution is 2.44. The van der Waals surface area contributed by atoms with Crippen molar-refractivity contribution >= 4 is 14.3 Å². The number of hydrogen-bond acceptors (Lipinski definition) is 5. The Morgan fingerprint density at radius 3 is 2.22 bits per heavy atom. The van der Waals surface area contributed by atoms with Crippen LogP contribution in [0, 0.1) is 0 Å². The van der Waals surface area contributed by atoms with Crippen molar-refractivity contribution < 1.29 is 24.5 Å². The molecule has 0 unspecified atom stereocenters. The molecule has 0 saturated carbocycles. The van der Waals surface area contributed by atoms with E-state index in [0.717, 1.165) is 40.7 Å². The highest BCUT2D eigenvalue weighted by molar-refractivity contribution is 6.72. The third-order valence-electron chi connectivity index (χ3n) is 8.20. The molecular weight excluding hydrogens is 530 g/mol. The van der Waals surface area contributed by atoms with Crippen molar-refractivity contribution in [2.75, 3.05) is 6.54 Å². The summed E-state index contributed by atoms with van der Waals surface area (Å²) in [5, 5.41) is 22.9. The summed E-state index contributed by atoms with van der Waals surface area (Å²) in [5.41, 5.74) is 4.54. The predicted molar refractivity (Wildman–Crippen MR) is 168 cm³/mol. The molecule has 0 spiro atoms. The Balaban J connectivity index is 1.81. The van der Waals surface area contributed by atoms with Gasteiger partial charge in [0.25, 0.3) is 0 Å². The van der Waals surface area contributed by atoms with E-state index in [2.05, 4.69) is 39.1 Å². The average Bonchev–Trinajstić information content (AvgIpc) is 2.89. The third kappa shape index (κ3) is 9.82. The van der Waals surface area contributed by atoms with Crippen molar-refractivity contribution in [3.63, 3.8) is 0 Å². The molecule has 6 nitrogen and oxygen atoms in total. The second-order valence-corrected chi connectivity index (χ2v) is 17.4. The predicted octanol–water partition coefficient (Wildman–Crippen LogP) is 6.45. The number of carboxylic acids is 1. The lowest BCUT2D eigenvalue weighted by molar-refractivity contribution is -0.136. The van der Waals surface area contributed by atoms with Crippen LogP contribution in [0.1, 0.15) is 67.9 Å². The molecule has 3 rings (SSSR count). The second kappa shape index (κ2) is 13.8. The minimum atomic E-state index is -2.47. The molecule has 0 fully saturated rings. The Morgan fingerprint density at radius 1 is 0.927 bits per heavy atom. The Morgan fingerprint density at radius 2 is 1.59 bits per heavy atom. The standard InChI is InChI=1S/C34H47NO5Si/c1-33(2,20-27-14-10-13-26(17-27)18-32(37)38)35-22-30(21-34(3,4)41(5,6)39)28-15-16-31(29(19-28)23-36)40-24-25-11-8-7-9-12-25/h7-17,19,30,35-36,39H,18,20-24H2,1-6H3,(H,37,38)/t30-/m0/s1. The van der Waals surface area contributed by atoms with E-state index in [1.165, 1.54) is 0 Å². The van der Waals surface area contributed by atoms with Crippen LogP contribution in [0.5, 0.6) is 5.75 Å². The van der Waals surface area contributed by atoms with Gasteiger partial charge in [-0.2, -0.15) is 0 Å². The number of rotatable bonds is 15. The van der Waals surface area contributed by atoms with Crippen LogP contribution in [0.3, 0.4) is 0 Å². The summed E-state index contributed by atoms with van der Waals surface area (Å²) in [6.07, 6.45) is 1.54. The maximum absolute atomic E-state index is 11.2. The number of ether oxygens (including phenoxy) is 1. The molecule has 0 radical (unpaired) electrons. The van der Waals surface area contributed by atoms with Gasteiger partial charge in [0.05, 0.1) is 13.0 Å². The molecule has 0 amide bonds. The lowest BCUT2D eigenvalue weighted by Gasteiger charge is -2.39. The van der Waals surface area contributed by atoms with Gasteiger partial charge in [0.2, 0.25) is 0 Å². The van der Waals surface area contributed by atoms with Crippen LogP contribution in [0.4, 0.5) is 0 Å². The molecule has 3 aromatic rings. The highest BCUT2D eigenvalue weighted by atomic mass is 28.4. The monoisotopic (exact) mass is 577 g/mol. The first-order chi connectivity index (χ1) is 19.2. The number of hydrogen-bond donors (Lipinski definition) is 4. The molecular formula is C34H47NO5Si. The van der Waals surface area contributed by atoms with Gasteiger partial charge in [-0.15, -0.1) is 0 Å². The lowest BCUT2D eigenvalue weighted by Crippen LogP contribution is -2.45. The van der Waals surface area contributed by atoms with Crippen LogP contribution in [0.2, 0.25) is 18.1 Å². The van der Waals surface area contributed by atoms with Crippen LogP contribution >= 0.6 is 0 Å². The van der Waals surface area contributed by atoms with Crippen molar-refractivity contribution in [2.24, 2.45) is 0 Å². The summed E-state index contributed by atoms with van der Waals surface area (Å²) in [5.74, 6) is -0.0707. The first kappa shape index (κ1) is 32.5. The van der Waals surface area contributed by atoms with Gasteiger partial charge in [-0.25, -0.2) is 0 Å². The number of carboxylic acid groups (broad SMARTS) is 1. The topological polar surface area (TPSA) is 99.0 Å². The molecule has 0 heterocycles. The first-order valence-corrected chi connectivity index (χ1v) is 17.3. The minimum absolute atomic E-state index is 0.0118. The number of carbonyl (C=O) groups is 1. The van der Waals surface area contributed by atoms with Crippen LogP contribution in [0.25, 0.3) is 0 Å². The Labute approximate surface area is 246 Å². The molecule has 1 atom stereocenters.